The lowest BCUT2D eigenvalue weighted by Crippen LogP contribution is -2.53. The lowest BCUT2D eigenvalue weighted by atomic mass is 10.2. The number of piperazine rings is 1. The quantitative estimate of drug-likeness (QED) is 0.756. The van der Waals surface area contributed by atoms with Crippen LogP contribution in [0.25, 0.3) is 0 Å². The Balaban J connectivity index is 1.80. The van der Waals surface area contributed by atoms with Crippen LogP contribution < -0.4 is 0 Å². The predicted molar refractivity (Wildman–Crippen MR) is 62.8 cm³/mol. The minimum atomic E-state index is -4.48. The number of hydrogen-bond donors (Lipinski definition) is 0. The van der Waals surface area contributed by atoms with E-state index >= 15 is 0 Å². The SMILES string of the molecule is O=C(CC(F)(F)F)N1CCN(C(=O)C2CCCO2)CC1. The van der Waals surface area contributed by atoms with Gasteiger partial charge >= 0.3 is 6.18 Å². The van der Waals surface area contributed by atoms with Crippen molar-refractivity contribution in [2.24, 2.45) is 0 Å². The number of ether oxygens (including phenoxy) is 1. The fraction of sp³-hybridized carbons (Fsp3) is 0.833. The molecule has 2 fully saturated rings. The van der Waals surface area contributed by atoms with Gasteiger partial charge in [-0.1, -0.05) is 0 Å². The fourth-order valence-corrected chi connectivity index (χ4v) is 2.44. The molecule has 0 N–H and O–H groups in total. The second-order valence-corrected chi connectivity index (χ2v) is 5.00. The highest BCUT2D eigenvalue weighted by atomic mass is 19.4. The van der Waals surface area contributed by atoms with Crippen molar-refractivity contribution >= 4 is 11.8 Å². The molecule has 0 saturated carbocycles. The molecule has 0 aromatic rings. The summed E-state index contributed by atoms with van der Waals surface area (Å²) in [6.45, 7) is 1.39. The van der Waals surface area contributed by atoms with E-state index in [1.54, 1.807) is 4.90 Å². The first-order valence-corrected chi connectivity index (χ1v) is 6.62. The van der Waals surface area contributed by atoms with Crippen LogP contribution in [0.15, 0.2) is 0 Å². The topological polar surface area (TPSA) is 49.9 Å². The predicted octanol–water partition coefficient (Wildman–Crippen LogP) is 0.789. The second kappa shape index (κ2) is 5.99. The summed E-state index contributed by atoms with van der Waals surface area (Å²) in [6.07, 6.45) is -4.81. The van der Waals surface area contributed by atoms with E-state index in [2.05, 4.69) is 0 Å². The van der Waals surface area contributed by atoms with Crippen LogP contribution in [0.4, 0.5) is 13.2 Å². The van der Waals surface area contributed by atoms with Gasteiger partial charge in [0.15, 0.2) is 0 Å². The number of amides is 2. The summed E-state index contributed by atoms with van der Waals surface area (Å²) >= 11 is 0. The van der Waals surface area contributed by atoms with Crippen LogP contribution >= 0.6 is 0 Å². The number of alkyl halides is 3. The maximum atomic E-state index is 12.1. The highest BCUT2D eigenvalue weighted by molar-refractivity contribution is 5.82. The Kier molecular flexibility index (Phi) is 4.52. The van der Waals surface area contributed by atoms with Crippen LogP contribution in [0, 0.1) is 0 Å². The summed E-state index contributed by atoms with van der Waals surface area (Å²) in [5, 5.41) is 0. The van der Waals surface area contributed by atoms with Crippen LogP contribution in [0.2, 0.25) is 0 Å². The minimum Gasteiger partial charge on any atom is -0.368 e. The molecule has 2 rings (SSSR count). The molecule has 1 unspecified atom stereocenters. The molecule has 8 heteroatoms. The first kappa shape index (κ1) is 15.1. The summed E-state index contributed by atoms with van der Waals surface area (Å²) in [6, 6.07) is 0. The smallest absolute Gasteiger partial charge is 0.368 e. The summed E-state index contributed by atoms with van der Waals surface area (Å²) in [5.74, 6) is -1.05. The van der Waals surface area contributed by atoms with Crippen molar-refractivity contribution in [3.05, 3.63) is 0 Å². The zero-order valence-corrected chi connectivity index (χ0v) is 11.0. The molecule has 2 saturated heterocycles. The minimum absolute atomic E-state index is 0.120. The molecular weight excluding hydrogens is 277 g/mol. The van der Waals surface area contributed by atoms with Crippen molar-refractivity contribution in [2.45, 2.75) is 31.5 Å². The van der Waals surface area contributed by atoms with E-state index in [0.717, 1.165) is 11.3 Å². The maximum absolute atomic E-state index is 12.1. The van der Waals surface area contributed by atoms with Crippen molar-refractivity contribution in [1.82, 2.24) is 9.80 Å². The van der Waals surface area contributed by atoms with E-state index in [1.807, 2.05) is 0 Å². The van der Waals surface area contributed by atoms with Gasteiger partial charge in [-0.25, -0.2) is 0 Å². The summed E-state index contributed by atoms with van der Waals surface area (Å²) in [5.41, 5.74) is 0. The molecule has 20 heavy (non-hydrogen) atoms. The van der Waals surface area contributed by atoms with Crippen molar-refractivity contribution in [1.29, 1.82) is 0 Å². The Morgan fingerprint density at radius 3 is 2.20 bits per heavy atom. The van der Waals surface area contributed by atoms with Crippen LogP contribution in [0.5, 0.6) is 0 Å². The molecule has 2 heterocycles. The van der Waals surface area contributed by atoms with Crippen molar-refractivity contribution in [2.75, 3.05) is 32.8 Å². The van der Waals surface area contributed by atoms with Crippen molar-refractivity contribution < 1.29 is 27.5 Å². The molecule has 114 valence electrons. The Morgan fingerprint density at radius 2 is 1.70 bits per heavy atom. The van der Waals surface area contributed by atoms with Gasteiger partial charge in [0.05, 0.1) is 0 Å². The van der Waals surface area contributed by atoms with Gasteiger partial charge < -0.3 is 14.5 Å². The first-order valence-electron chi connectivity index (χ1n) is 6.62. The monoisotopic (exact) mass is 294 g/mol. The molecule has 0 spiro atoms. The molecule has 2 aliphatic heterocycles. The van der Waals surface area contributed by atoms with Gasteiger partial charge in [0.1, 0.15) is 12.5 Å². The van der Waals surface area contributed by atoms with E-state index in [-0.39, 0.29) is 32.1 Å². The standard InChI is InChI=1S/C12H17F3N2O3/c13-12(14,15)8-10(18)16-3-5-17(6-4-16)11(19)9-2-1-7-20-9/h9H,1-8H2. The van der Waals surface area contributed by atoms with Crippen LogP contribution in [0.1, 0.15) is 19.3 Å². The Morgan fingerprint density at radius 1 is 1.10 bits per heavy atom. The highest BCUT2D eigenvalue weighted by Crippen LogP contribution is 2.21. The molecule has 2 aliphatic rings. The average molecular weight is 294 g/mol. The normalized spacial score (nSPS) is 24.1. The van der Waals surface area contributed by atoms with Crippen molar-refractivity contribution in [3.8, 4) is 0 Å². The summed E-state index contributed by atoms with van der Waals surface area (Å²) < 4.78 is 41.7. The molecule has 1 atom stereocenters. The van der Waals surface area contributed by atoms with Gasteiger partial charge in [-0.3, -0.25) is 9.59 Å². The third-order valence-corrected chi connectivity index (χ3v) is 3.50. The lowest BCUT2D eigenvalue weighted by Gasteiger charge is -2.35. The first-order chi connectivity index (χ1) is 9.37. The maximum Gasteiger partial charge on any atom is 0.397 e. The third-order valence-electron chi connectivity index (χ3n) is 3.50. The molecule has 0 bridgehead atoms. The van der Waals surface area contributed by atoms with Crippen LogP contribution in [-0.2, 0) is 14.3 Å². The van der Waals surface area contributed by atoms with Gasteiger partial charge in [-0.05, 0) is 12.8 Å². The van der Waals surface area contributed by atoms with Crippen molar-refractivity contribution in [3.63, 3.8) is 0 Å². The number of carbonyl (C=O) groups excluding carboxylic acids is 2. The van der Waals surface area contributed by atoms with Gasteiger partial charge in [0, 0.05) is 32.8 Å². The number of halogens is 3. The zero-order chi connectivity index (χ0) is 14.8. The molecule has 2 amide bonds. The number of nitrogens with zero attached hydrogens (tertiary/aromatic N) is 2. The Labute approximate surface area is 114 Å². The van der Waals surface area contributed by atoms with E-state index in [0.29, 0.717) is 13.0 Å². The van der Waals surface area contributed by atoms with E-state index in [9.17, 15) is 22.8 Å². The molecule has 0 radical (unpaired) electrons. The largest absolute Gasteiger partial charge is 0.397 e. The third kappa shape index (κ3) is 3.84. The van der Waals surface area contributed by atoms with Crippen LogP contribution in [-0.4, -0.2) is 66.7 Å². The lowest BCUT2D eigenvalue weighted by molar-refractivity contribution is -0.164. The van der Waals surface area contributed by atoms with E-state index in [1.165, 1.54) is 0 Å². The highest BCUT2D eigenvalue weighted by Gasteiger charge is 2.36. The van der Waals surface area contributed by atoms with Gasteiger partial charge in [-0.15, -0.1) is 0 Å². The Hall–Kier alpha value is -1.31. The fourth-order valence-electron chi connectivity index (χ4n) is 2.44. The molecule has 0 aromatic carbocycles. The summed E-state index contributed by atoms with van der Waals surface area (Å²) in [7, 11) is 0. The molecule has 0 aromatic heterocycles. The van der Waals surface area contributed by atoms with Gasteiger partial charge in [0.25, 0.3) is 5.91 Å². The van der Waals surface area contributed by atoms with E-state index < -0.39 is 24.6 Å². The van der Waals surface area contributed by atoms with Gasteiger partial charge in [-0.2, -0.15) is 13.2 Å². The number of hydrogen-bond acceptors (Lipinski definition) is 3. The zero-order valence-electron chi connectivity index (χ0n) is 11.0. The van der Waals surface area contributed by atoms with Crippen LogP contribution in [0.3, 0.4) is 0 Å². The average Bonchev–Trinajstić information content (AvgIpc) is 2.90. The summed E-state index contributed by atoms with van der Waals surface area (Å²) in [4.78, 5) is 26.2. The Bertz CT molecular complexity index is 373. The molecule has 5 nitrogen and oxygen atoms in total. The number of rotatable bonds is 2. The number of carbonyl (C=O) groups is 2. The van der Waals surface area contributed by atoms with Gasteiger partial charge in [0.2, 0.25) is 5.91 Å². The van der Waals surface area contributed by atoms with E-state index in [4.69, 9.17) is 4.74 Å². The molecular formula is C12H17F3N2O3. The molecule has 0 aliphatic carbocycles. The second-order valence-electron chi connectivity index (χ2n) is 5.00.